The SMILES string of the molecule is COc1ccc(C2=CSC3=NC4=C(CCC/C4=C\c4ccccc4Cl)[C@@H](c4ccccc4Cl)N23)cc1. The zero-order chi connectivity index (χ0) is 24.6. The van der Waals surface area contributed by atoms with Crippen molar-refractivity contribution in [3.05, 3.63) is 122 Å². The van der Waals surface area contributed by atoms with Gasteiger partial charge in [0.1, 0.15) is 5.75 Å². The Morgan fingerprint density at radius 2 is 1.69 bits per heavy atom. The largest absolute Gasteiger partial charge is 0.497 e. The number of hydrogen-bond donors (Lipinski definition) is 0. The minimum Gasteiger partial charge on any atom is -0.497 e. The number of halogens is 2. The lowest BCUT2D eigenvalue weighted by Crippen LogP contribution is -2.35. The van der Waals surface area contributed by atoms with Crippen LogP contribution in [0.25, 0.3) is 11.8 Å². The molecule has 6 heteroatoms. The first-order valence-corrected chi connectivity index (χ1v) is 13.6. The molecule has 1 atom stereocenters. The Morgan fingerprint density at radius 3 is 2.44 bits per heavy atom. The molecular formula is C30H24Cl2N2OS. The van der Waals surface area contributed by atoms with Gasteiger partial charge >= 0.3 is 0 Å². The molecule has 3 nitrogen and oxygen atoms in total. The molecule has 0 saturated heterocycles. The molecule has 2 aliphatic heterocycles. The Hall–Kier alpha value is -2.92. The molecule has 1 aliphatic carbocycles. The zero-order valence-corrected chi connectivity index (χ0v) is 22.1. The van der Waals surface area contributed by atoms with Crippen LogP contribution in [0.3, 0.4) is 0 Å². The molecule has 2 heterocycles. The second-order valence-corrected chi connectivity index (χ2v) is 10.6. The highest BCUT2D eigenvalue weighted by atomic mass is 35.5. The maximum absolute atomic E-state index is 6.84. The first-order chi connectivity index (χ1) is 17.6. The second-order valence-electron chi connectivity index (χ2n) is 8.96. The fourth-order valence-electron chi connectivity index (χ4n) is 5.14. The fourth-order valence-corrected chi connectivity index (χ4v) is 6.50. The number of rotatable bonds is 4. The Morgan fingerprint density at radius 1 is 0.944 bits per heavy atom. The van der Waals surface area contributed by atoms with Crippen molar-refractivity contribution in [3.63, 3.8) is 0 Å². The van der Waals surface area contributed by atoms with Gasteiger partial charge in [0.05, 0.1) is 24.5 Å². The standard InChI is InChI=1S/C30H24Cl2N2OS/c1-35-22-15-13-19(14-16-22)27-18-36-30-33-28-21(17-20-7-2-4-11-25(20)31)8-6-10-24(28)29(34(27)30)23-9-3-5-12-26(23)32/h2-5,7,9,11-18,29H,6,8,10H2,1H3/b21-17+/t29-/m1/s1. The summed E-state index contributed by atoms with van der Waals surface area (Å²) < 4.78 is 5.38. The van der Waals surface area contributed by atoms with E-state index >= 15 is 0 Å². The van der Waals surface area contributed by atoms with Crippen molar-refractivity contribution in [1.29, 1.82) is 0 Å². The number of benzene rings is 3. The van der Waals surface area contributed by atoms with Gasteiger partial charge in [0, 0.05) is 15.5 Å². The highest BCUT2D eigenvalue weighted by Gasteiger charge is 2.40. The van der Waals surface area contributed by atoms with Crippen molar-refractivity contribution >= 4 is 51.9 Å². The minimum atomic E-state index is -0.0282. The molecule has 0 amide bonds. The molecule has 6 rings (SSSR count). The van der Waals surface area contributed by atoms with Crippen molar-refractivity contribution < 1.29 is 4.74 Å². The lowest BCUT2D eigenvalue weighted by atomic mass is 9.82. The minimum absolute atomic E-state index is 0.0282. The molecule has 0 fully saturated rings. The third-order valence-electron chi connectivity index (χ3n) is 6.86. The Kier molecular flexibility index (Phi) is 6.43. The van der Waals surface area contributed by atoms with Crippen molar-refractivity contribution in [2.45, 2.75) is 25.3 Å². The van der Waals surface area contributed by atoms with Crippen molar-refractivity contribution in [1.82, 2.24) is 4.90 Å². The summed E-state index contributed by atoms with van der Waals surface area (Å²) in [4.78, 5) is 7.59. The summed E-state index contributed by atoms with van der Waals surface area (Å²) in [5.74, 6) is 0.840. The van der Waals surface area contributed by atoms with Gasteiger partial charge in [-0.1, -0.05) is 71.4 Å². The van der Waals surface area contributed by atoms with Crippen LogP contribution in [-0.4, -0.2) is 17.2 Å². The third kappa shape index (κ3) is 4.17. The average Bonchev–Trinajstić information content (AvgIpc) is 3.33. The normalized spacial score (nSPS) is 20.1. The molecule has 3 aromatic rings. The van der Waals surface area contributed by atoms with E-state index in [2.05, 4.69) is 46.7 Å². The summed E-state index contributed by atoms with van der Waals surface area (Å²) in [6.07, 6.45) is 5.21. The highest BCUT2D eigenvalue weighted by molar-refractivity contribution is 8.16. The van der Waals surface area contributed by atoms with E-state index in [1.807, 2.05) is 42.5 Å². The molecule has 0 radical (unpaired) electrons. The van der Waals surface area contributed by atoms with Crippen molar-refractivity contribution in [2.75, 3.05) is 7.11 Å². The van der Waals surface area contributed by atoms with Crippen LogP contribution in [0.2, 0.25) is 10.0 Å². The van der Waals surface area contributed by atoms with E-state index in [1.165, 1.54) is 11.1 Å². The molecule has 0 spiro atoms. The summed E-state index contributed by atoms with van der Waals surface area (Å²) in [6.45, 7) is 0. The third-order valence-corrected chi connectivity index (χ3v) is 8.39. The number of fused-ring (bicyclic) bond motifs is 1. The van der Waals surface area contributed by atoms with E-state index in [4.69, 9.17) is 32.9 Å². The van der Waals surface area contributed by atoms with E-state index < -0.39 is 0 Å². The van der Waals surface area contributed by atoms with E-state index in [0.29, 0.717) is 0 Å². The van der Waals surface area contributed by atoms with E-state index in [0.717, 1.165) is 68.3 Å². The number of hydrogen-bond acceptors (Lipinski definition) is 4. The summed E-state index contributed by atoms with van der Waals surface area (Å²) in [5, 5.41) is 4.69. The van der Waals surface area contributed by atoms with E-state index in [1.54, 1.807) is 18.9 Å². The van der Waals surface area contributed by atoms with Crippen LogP contribution in [-0.2, 0) is 0 Å². The van der Waals surface area contributed by atoms with Gasteiger partial charge in [-0.2, -0.15) is 0 Å². The fraction of sp³-hybridized carbons (Fsp3) is 0.167. The number of allylic oxidation sites excluding steroid dienone is 1. The molecule has 0 saturated carbocycles. The van der Waals surface area contributed by atoms with Gasteiger partial charge in [0.15, 0.2) is 5.17 Å². The van der Waals surface area contributed by atoms with Gasteiger partial charge in [0.25, 0.3) is 0 Å². The molecule has 3 aromatic carbocycles. The van der Waals surface area contributed by atoms with Crippen LogP contribution in [0.1, 0.15) is 42.0 Å². The van der Waals surface area contributed by atoms with Gasteiger partial charge in [-0.15, -0.1) is 0 Å². The summed E-state index contributed by atoms with van der Waals surface area (Å²) in [5.41, 5.74) is 7.98. The quantitative estimate of drug-likeness (QED) is 0.336. The van der Waals surface area contributed by atoms with Crippen molar-refractivity contribution in [2.24, 2.45) is 4.99 Å². The maximum Gasteiger partial charge on any atom is 0.174 e. The monoisotopic (exact) mass is 530 g/mol. The number of thioether (sulfide) groups is 1. The van der Waals surface area contributed by atoms with E-state index in [-0.39, 0.29) is 6.04 Å². The lowest BCUT2D eigenvalue weighted by molar-refractivity contribution is 0.414. The number of amidine groups is 1. The van der Waals surface area contributed by atoms with Crippen molar-refractivity contribution in [3.8, 4) is 5.75 Å². The Balaban J connectivity index is 1.50. The van der Waals surface area contributed by atoms with Gasteiger partial charge in [-0.05, 0) is 89.6 Å². The van der Waals surface area contributed by atoms with Gasteiger partial charge < -0.3 is 9.64 Å². The van der Waals surface area contributed by atoms with Gasteiger partial charge in [0.2, 0.25) is 0 Å². The summed E-state index contributed by atoms with van der Waals surface area (Å²) in [7, 11) is 1.69. The molecule has 36 heavy (non-hydrogen) atoms. The van der Waals surface area contributed by atoms with Crippen LogP contribution in [0.5, 0.6) is 5.75 Å². The molecule has 0 aromatic heterocycles. The first kappa shape index (κ1) is 23.5. The molecule has 0 bridgehead atoms. The summed E-state index contributed by atoms with van der Waals surface area (Å²) >= 11 is 15.0. The second kappa shape index (κ2) is 9.85. The van der Waals surface area contributed by atoms with Gasteiger partial charge in [-0.25, -0.2) is 4.99 Å². The average molecular weight is 532 g/mol. The predicted octanol–water partition coefficient (Wildman–Crippen LogP) is 8.98. The maximum atomic E-state index is 6.84. The van der Waals surface area contributed by atoms with Crippen LogP contribution < -0.4 is 4.74 Å². The Labute approximate surface area is 225 Å². The number of nitrogens with zero attached hydrogens (tertiary/aromatic N) is 2. The molecule has 0 unspecified atom stereocenters. The number of methoxy groups -OCH3 is 1. The zero-order valence-electron chi connectivity index (χ0n) is 19.7. The topological polar surface area (TPSA) is 24.8 Å². The van der Waals surface area contributed by atoms with Crippen LogP contribution in [0.15, 0.2) is 100 Å². The smallest absolute Gasteiger partial charge is 0.174 e. The predicted molar refractivity (Wildman–Crippen MR) is 152 cm³/mol. The molecule has 180 valence electrons. The van der Waals surface area contributed by atoms with Gasteiger partial charge in [-0.3, -0.25) is 0 Å². The number of ether oxygens (including phenoxy) is 1. The molecule has 0 N–H and O–H groups in total. The molecule has 3 aliphatic rings. The number of aliphatic imine (C=N–C) groups is 1. The Bertz CT molecular complexity index is 1460. The van der Waals surface area contributed by atoms with Crippen LogP contribution >= 0.6 is 35.0 Å². The van der Waals surface area contributed by atoms with Crippen LogP contribution in [0.4, 0.5) is 0 Å². The lowest BCUT2D eigenvalue weighted by Gasteiger charge is -2.40. The van der Waals surface area contributed by atoms with E-state index in [9.17, 15) is 0 Å². The van der Waals surface area contributed by atoms with Crippen LogP contribution in [0, 0.1) is 0 Å². The highest BCUT2D eigenvalue weighted by Crippen LogP contribution is 2.52. The first-order valence-electron chi connectivity index (χ1n) is 12.0. The molecular weight excluding hydrogens is 507 g/mol. The summed E-state index contributed by atoms with van der Waals surface area (Å²) in [6, 6.07) is 24.3.